The molecule has 1 amide bonds. The quantitative estimate of drug-likeness (QED) is 0.714. The molecule has 1 aromatic heterocycles. The van der Waals surface area contributed by atoms with Crippen LogP contribution in [0, 0.1) is 0 Å². The van der Waals surface area contributed by atoms with Gasteiger partial charge in [0.25, 0.3) is 0 Å². The predicted octanol–water partition coefficient (Wildman–Crippen LogP) is 3.81. The van der Waals surface area contributed by atoms with Crippen LogP contribution in [-0.2, 0) is 24.3 Å². The molecule has 1 atom stereocenters. The minimum atomic E-state index is -0.153. The minimum Gasteiger partial charge on any atom is -0.338 e. The Morgan fingerprint density at radius 1 is 1.15 bits per heavy atom. The van der Waals surface area contributed by atoms with Crippen LogP contribution in [0.25, 0.3) is 10.2 Å². The van der Waals surface area contributed by atoms with E-state index in [2.05, 4.69) is 28.5 Å². The fourth-order valence-electron chi connectivity index (χ4n) is 3.16. The van der Waals surface area contributed by atoms with Crippen LogP contribution >= 0.6 is 36.2 Å². The number of fused-ring (bicyclic) bond motifs is 2. The Morgan fingerprint density at radius 3 is 2.62 bits per heavy atom. The molecule has 0 aliphatic carbocycles. The second-order valence-corrected chi connectivity index (χ2v) is 7.29. The molecule has 0 bridgehead atoms. The molecule has 7 heteroatoms. The van der Waals surface area contributed by atoms with E-state index in [4.69, 9.17) is 0 Å². The molecule has 2 heterocycles. The first-order valence-electron chi connectivity index (χ1n) is 8.10. The first-order valence-corrected chi connectivity index (χ1v) is 8.92. The summed E-state index contributed by atoms with van der Waals surface area (Å²) in [4.78, 5) is 19.2. The molecule has 0 radical (unpaired) electrons. The lowest BCUT2D eigenvalue weighted by Gasteiger charge is -2.28. The Morgan fingerprint density at radius 2 is 1.85 bits per heavy atom. The Balaban J connectivity index is 0.00000121. The Labute approximate surface area is 169 Å². The average molecular weight is 410 g/mol. The van der Waals surface area contributed by atoms with E-state index in [-0.39, 0.29) is 36.8 Å². The van der Waals surface area contributed by atoms with Crippen molar-refractivity contribution in [2.75, 3.05) is 7.05 Å². The number of halogens is 2. The molecule has 4 nitrogen and oxygen atoms in total. The van der Waals surface area contributed by atoms with E-state index in [1.807, 2.05) is 37.4 Å². The van der Waals surface area contributed by atoms with E-state index in [9.17, 15) is 4.79 Å². The van der Waals surface area contributed by atoms with Gasteiger partial charge in [-0.25, -0.2) is 4.98 Å². The summed E-state index contributed by atoms with van der Waals surface area (Å²) in [6.45, 7) is 1.31. The number of rotatable bonds is 3. The summed E-state index contributed by atoms with van der Waals surface area (Å²) in [6, 6.07) is 16.2. The zero-order valence-corrected chi connectivity index (χ0v) is 16.8. The monoisotopic (exact) mass is 409 g/mol. The highest BCUT2D eigenvalue weighted by Crippen LogP contribution is 2.23. The summed E-state index contributed by atoms with van der Waals surface area (Å²) in [5.74, 6) is 0.128. The molecule has 138 valence electrons. The maximum atomic E-state index is 12.8. The number of likely N-dealkylation sites (N-methyl/N-ethyl adjacent to an activating group) is 1. The molecular formula is C19H21Cl2N3OS. The third-order valence-electron chi connectivity index (χ3n) is 4.47. The standard InChI is InChI=1S/C19H19N3OS.2ClH/c1-22(12-18-21-15-8-4-5-9-17(15)24-18)19(23)16-10-13-6-2-3-7-14(13)11-20-16;;/h2-9,16,20H,10-12H2,1H3;2*1H. The van der Waals surface area contributed by atoms with Crippen LogP contribution in [0.2, 0.25) is 0 Å². The van der Waals surface area contributed by atoms with E-state index in [1.165, 1.54) is 11.1 Å². The van der Waals surface area contributed by atoms with Gasteiger partial charge in [0.1, 0.15) is 5.01 Å². The second-order valence-electron chi connectivity index (χ2n) is 6.18. The van der Waals surface area contributed by atoms with Gasteiger partial charge in [-0.1, -0.05) is 36.4 Å². The van der Waals surface area contributed by atoms with Crippen LogP contribution in [0.1, 0.15) is 16.1 Å². The topological polar surface area (TPSA) is 45.2 Å². The lowest BCUT2D eigenvalue weighted by Crippen LogP contribution is -2.48. The van der Waals surface area contributed by atoms with Crippen LogP contribution in [0.3, 0.4) is 0 Å². The van der Waals surface area contributed by atoms with Crippen LogP contribution in [0.15, 0.2) is 48.5 Å². The van der Waals surface area contributed by atoms with Gasteiger partial charge in [-0.3, -0.25) is 4.79 Å². The van der Waals surface area contributed by atoms with Gasteiger partial charge < -0.3 is 10.2 Å². The summed E-state index contributed by atoms with van der Waals surface area (Å²) < 4.78 is 1.16. The van der Waals surface area contributed by atoms with Crippen molar-refractivity contribution in [1.29, 1.82) is 0 Å². The van der Waals surface area contributed by atoms with Crippen molar-refractivity contribution in [3.8, 4) is 0 Å². The molecule has 1 aliphatic heterocycles. The van der Waals surface area contributed by atoms with Crippen LogP contribution < -0.4 is 5.32 Å². The lowest BCUT2D eigenvalue weighted by molar-refractivity contribution is -0.132. The van der Waals surface area contributed by atoms with E-state index in [0.29, 0.717) is 6.54 Å². The Kier molecular flexibility index (Phi) is 7.01. The van der Waals surface area contributed by atoms with Crippen LogP contribution in [-0.4, -0.2) is 28.9 Å². The summed E-state index contributed by atoms with van der Waals surface area (Å²) in [5, 5.41) is 4.34. The third-order valence-corrected chi connectivity index (χ3v) is 5.49. The van der Waals surface area contributed by atoms with Gasteiger partial charge in [0.2, 0.25) is 5.91 Å². The fourth-order valence-corrected chi connectivity index (χ4v) is 4.18. The van der Waals surface area contributed by atoms with Gasteiger partial charge in [0.05, 0.1) is 22.8 Å². The normalized spacial score (nSPS) is 15.5. The molecule has 1 unspecified atom stereocenters. The van der Waals surface area contributed by atoms with Crippen LogP contribution in [0.5, 0.6) is 0 Å². The van der Waals surface area contributed by atoms with Crippen molar-refractivity contribution in [1.82, 2.24) is 15.2 Å². The van der Waals surface area contributed by atoms with Gasteiger partial charge in [0, 0.05) is 13.6 Å². The van der Waals surface area contributed by atoms with Crippen LogP contribution in [0.4, 0.5) is 0 Å². The largest absolute Gasteiger partial charge is 0.338 e. The number of hydrogen-bond acceptors (Lipinski definition) is 4. The molecule has 0 fully saturated rings. The molecule has 0 saturated heterocycles. The number of carbonyl (C=O) groups is 1. The van der Waals surface area contributed by atoms with Crippen molar-refractivity contribution in [3.05, 3.63) is 64.7 Å². The number of hydrogen-bond donors (Lipinski definition) is 1. The van der Waals surface area contributed by atoms with Crippen molar-refractivity contribution in [2.24, 2.45) is 0 Å². The summed E-state index contributed by atoms with van der Waals surface area (Å²) in [5.41, 5.74) is 3.56. The van der Waals surface area contributed by atoms with Gasteiger partial charge in [-0.2, -0.15) is 0 Å². The SMILES string of the molecule is CN(Cc1nc2ccccc2s1)C(=O)C1Cc2ccccc2CN1.Cl.Cl. The highest BCUT2D eigenvalue weighted by Gasteiger charge is 2.26. The first kappa shape index (κ1) is 20.6. The average Bonchev–Trinajstić information content (AvgIpc) is 3.02. The molecule has 26 heavy (non-hydrogen) atoms. The summed E-state index contributed by atoms with van der Waals surface area (Å²) in [6.07, 6.45) is 0.749. The van der Waals surface area contributed by atoms with Gasteiger partial charge >= 0.3 is 0 Å². The maximum Gasteiger partial charge on any atom is 0.240 e. The smallest absolute Gasteiger partial charge is 0.240 e. The van der Waals surface area contributed by atoms with Crippen molar-refractivity contribution >= 4 is 52.3 Å². The first-order chi connectivity index (χ1) is 11.7. The van der Waals surface area contributed by atoms with E-state index in [0.717, 1.165) is 28.2 Å². The highest BCUT2D eigenvalue weighted by molar-refractivity contribution is 7.18. The van der Waals surface area contributed by atoms with Crippen molar-refractivity contribution in [3.63, 3.8) is 0 Å². The molecule has 1 N–H and O–H groups in total. The number of nitrogens with one attached hydrogen (secondary N) is 1. The number of para-hydroxylation sites is 1. The number of amides is 1. The van der Waals surface area contributed by atoms with E-state index >= 15 is 0 Å². The molecule has 0 saturated carbocycles. The number of aromatic nitrogens is 1. The zero-order chi connectivity index (χ0) is 16.5. The molecule has 1 aliphatic rings. The molecule has 4 rings (SSSR count). The lowest BCUT2D eigenvalue weighted by atomic mass is 9.95. The van der Waals surface area contributed by atoms with E-state index < -0.39 is 0 Å². The minimum absolute atomic E-state index is 0. The highest BCUT2D eigenvalue weighted by atomic mass is 35.5. The molecule has 3 aromatic rings. The zero-order valence-electron chi connectivity index (χ0n) is 14.3. The summed E-state index contributed by atoms with van der Waals surface area (Å²) >= 11 is 1.65. The number of carbonyl (C=O) groups excluding carboxylic acids is 1. The third kappa shape index (κ3) is 4.18. The number of benzene rings is 2. The molecule has 2 aromatic carbocycles. The second kappa shape index (κ2) is 8.82. The Hall–Kier alpha value is -1.66. The summed E-state index contributed by atoms with van der Waals surface area (Å²) in [7, 11) is 1.86. The fraction of sp³-hybridized carbons (Fsp3) is 0.263. The van der Waals surface area contributed by atoms with Gasteiger partial charge in [0.15, 0.2) is 0 Å². The molecule has 0 spiro atoms. The van der Waals surface area contributed by atoms with Gasteiger partial charge in [-0.05, 0) is 29.7 Å². The Bertz CT molecular complexity index is 866. The number of thiazole rings is 1. The molecular weight excluding hydrogens is 389 g/mol. The van der Waals surface area contributed by atoms with Crippen molar-refractivity contribution < 1.29 is 4.79 Å². The van der Waals surface area contributed by atoms with Gasteiger partial charge in [-0.15, -0.1) is 36.2 Å². The van der Waals surface area contributed by atoms with E-state index in [1.54, 1.807) is 16.2 Å². The number of nitrogens with zero attached hydrogens (tertiary/aromatic N) is 2. The van der Waals surface area contributed by atoms with Crippen molar-refractivity contribution in [2.45, 2.75) is 25.6 Å². The predicted molar refractivity (Wildman–Crippen MR) is 111 cm³/mol. The maximum absolute atomic E-state index is 12.8.